The lowest BCUT2D eigenvalue weighted by Gasteiger charge is -2.32. The van der Waals surface area contributed by atoms with Gasteiger partial charge in [-0.2, -0.15) is 0 Å². The summed E-state index contributed by atoms with van der Waals surface area (Å²) < 4.78 is 12.5. The van der Waals surface area contributed by atoms with E-state index in [9.17, 15) is 9.59 Å². The molecule has 3 heterocycles. The van der Waals surface area contributed by atoms with E-state index in [1.807, 2.05) is 6.07 Å². The molecule has 2 aromatic heterocycles. The van der Waals surface area contributed by atoms with Crippen molar-refractivity contribution in [2.75, 3.05) is 13.2 Å². The number of nitrogens with zero attached hydrogens (tertiary/aromatic N) is 3. The van der Waals surface area contributed by atoms with Gasteiger partial charge in [0.25, 0.3) is 0 Å². The molecule has 126 valence electrons. The number of carbonyl (C=O) groups excluding carboxylic acids is 1. The summed E-state index contributed by atoms with van der Waals surface area (Å²) in [7, 11) is 0. The topological polar surface area (TPSA) is 95.3 Å². The summed E-state index contributed by atoms with van der Waals surface area (Å²) in [6.07, 6.45) is 4.86. The summed E-state index contributed by atoms with van der Waals surface area (Å²) in [6.45, 7) is 0.828. The summed E-state index contributed by atoms with van der Waals surface area (Å²) >= 11 is 0. The molecule has 1 fully saturated rings. The Labute approximate surface area is 138 Å². The van der Waals surface area contributed by atoms with Crippen molar-refractivity contribution in [1.29, 1.82) is 0 Å². The van der Waals surface area contributed by atoms with Gasteiger partial charge in [-0.1, -0.05) is 6.07 Å². The molecule has 1 N–H and O–H groups in total. The van der Waals surface area contributed by atoms with Crippen molar-refractivity contribution in [3.8, 4) is 5.88 Å². The molecule has 2 aromatic rings. The zero-order valence-electron chi connectivity index (χ0n) is 13.0. The normalized spacial score (nSPS) is 20.3. The molecule has 0 aromatic carbocycles. The predicted molar refractivity (Wildman–Crippen MR) is 84.5 cm³/mol. The highest BCUT2D eigenvalue weighted by atomic mass is 16.5. The molecule has 24 heavy (non-hydrogen) atoms. The van der Waals surface area contributed by atoms with Crippen molar-refractivity contribution in [1.82, 2.24) is 19.9 Å². The summed E-state index contributed by atoms with van der Waals surface area (Å²) in [6, 6.07) is 6.78. The van der Waals surface area contributed by atoms with Gasteiger partial charge >= 0.3 is 5.69 Å². The Morgan fingerprint density at radius 1 is 1.33 bits per heavy atom. The van der Waals surface area contributed by atoms with Gasteiger partial charge in [0, 0.05) is 31.3 Å². The van der Waals surface area contributed by atoms with E-state index in [4.69, 9.17) is 9.47 Å². The number of aromatic nitrogens is 3. The molecule has 1 aliphatic heterocycles. The van der Waals surface area contributed by atoms with Gasteiger partial charge < -0.3 is 14.8 Å². The molecule has 1 amide bonds. The van der Waals surface area contributed by atoms with Crippen LogP contribution in [0.5, 0.6) is 5.88 Å². The van der Waals surface area contributed by atoms with Crippen molar-refractivity contribution in [2.45, 2.75) is 25.1 Å². The molecule has 0 bridgehead atoms. The van der Waals surface area contributed by atoms with Crippen LogP contribution in [0.2, 0.25) is 0 Å². The minimum atomic E-state index is -0.457. The fraction of sp³-hybridized carbons (Fsp3) is 0.375. The second kappa shape index (κ2) is 7.69. The van der Waals surface area contributed by atoms with Gasteiger partial charge in [-0.05, 0) is 18.6 Å². The van der Waals surface area contributed by atoms with Gasteiger partial charge in [0.1, 0.15) is 12.6 Å². The second-order valence-electron chi connectivity index (χ2n) is 5.39. The number of ether oxygens (including phenoxy) is 2. The van der Waals surface area contributed by atoms with Crippen molar-refractivity contribution in [2.24, 2.45) is 0 Å². The van der Waals surface area contributed by atoms with E-state index < -0.39 is 5.69 Å². The third-order valence-corrected chi connectivity index (χ3v) is 3.66. The van der Waals surface area contributed by atoms with Crippen LogP contribution in [0.1, 0.15) is 6.42 Å². The van der Waals surface area contributed by atoms with Crippen molar-refractivity contribution in [3.05, 3.63) is 53.3 Å². The zero-order chi connectivity index (χ0) is 16.8. The van der Waals surface area contributed by atoms with Crippen molar-refractivity contribution in [3.63, 3.8) is 0 Å². The summed E-state index contributed by atoms with van der Waals surface area (Å²) in [4.78, 5) is 31.5. The van der Waals surface area contributed by atoms with E-state index in [2.05, 4.69) is 15.3 Å². The highest BCUT2D eigenvalue weighted by Crippen LogP contribution is 2.15. The molecule has 2 atom stereocenters. The molecular formula is C16H18N4O4. The number of carbonyl (C=O) groups is 1. The molecule has 0 unspecified atom stereocenters. The first-order chi connectivity index (χ1) is 11.7. The lowest BCUT2D eigenvalue weighted by Crippen LogP contribution is -2.52. The van der Waals surface area contributed by atoms with Gasteiger partial charge in [0.2, 0.25) is 11.8 Å². The van der Waals surface area contributed by atoms with Gasteiger partial charge in [0.05, 0.1) is 12.6 Å². The number of rotatable bonds is 5. The lowest BCUT2D eigenvalue weighted by molar-refractivity contribution is -0.124. The molecule has 8 nitrogen and oxygen atoms in total. The van der Waals surface area contributed by atoms with Gasteiger partial charge in [-0.25, -0.2) is 14.8 Å². The van der Waals surface area contributed by atoms with E-state index in [1.54, 1.807) is 24.4 Å². The third-order valence-electron chi connectivity index (χ3n) is 3.66. The highest BCUT2D eigenvalue weighted by molar-refractivity contribution is 5.76. The Hall–Kier alpha value is -2.74. The number of amides is 1. The quantitative estimate of drug-likeness (QED) is 0.828. The molecule has 1 aliphatic rings. The first kappa shape index (κ1) is 16.1. The Morgan fingerprint density at radius 3 is 3.00 bits per heavy atom. The first-order valence-electron chi connectivity index (χ1n) is 7.68. The minimum absolute atomic E-state index is 0.0830. The molecule has 3 rings (SSSR count). The van der Waals surface area contributed by atoms with E-state index in [1.165, 1.54) is 17.0 Å². The number of hydrogen-bond donors (Lipinski definition) is 1. The Kier molecular flexibility index (Phi) is 5.17. The van der Waals surface area contributed by atoms with E-state index >= 15 is 0 Å². The van der Waals surface area contributed by atoms with E-state index in [0.717, 1.165) is 0 Å². The Bertz CT molecular complexity index is 734. The van der Waals surface area contributed by atoms with Crippen LogP contribution in [0.15, 0.2) is 47.7 Å². The van der Waals surface area contributed by atoms with Crippen LogP contribution in [-0.4, -0.2) is 45.8 Å². The van der Waals surface area contributed by atoms with E-state index in [-0.39, 0.29) is 24.6 Å². The van der Waals surface area contributed by atoms with Gasteiger partial charge in [-0.3, -0.25) is 9.36 Å². The largest absolute Gasteiger partial charge is 0.470 e. The maximum atomic E-state index is 12.2. The van der Waals surface area contributed by atoms with Crippen LogP contribution in [0.3, 0.4) is 0 Å². The first-order valence-corrected chi connectivity index (χ1v) is 7.68. The average Bonchev–Trinajstić information content (AvgIpc) is 2.60. The Morgan fingerprint density at radius 2 is 2.21 bits per heavy atom. The van der Waals surface area contributed by atoms with Crippen molar-refractivity contribution >= 4 is 5.91 Å². The number of nitrogens with one attached hydrogen (secondary N) is 1. The highest BCUT2D eigenvalue weighted by Gasteiger charge is 2.29. The van der Waals surface area contributed by atoms with Crippen molar-refractivity contribution < 1.29 is 14.3 Å². The molecule has 0 saturated carbocycles. The van der Waals surface area contributed by atoms with Crippen LogP contribution in [0.4, 0.5) is 0 Å². The monoisotopic (exact) mass is 330 g/mol. The molecule has 0 spiro atoms. The summed E-state index contributed by atoms with van der Waals surface area (Å²) in [5.41, 5.74) is -0.457. The van der Waals surface area contributed by atoms with Crippen LogP contribution in [0.25, 0.3) is 0 Å². The van der Waals surface area contributed by atoms with E-state index in [0.29, 0.717) is 25.5 Å². The minimum Gasteiger partial charge on any atom is -0.470 e. The SMILES string of the molecule is O=C(Cn1cccnc1=O)N[C@@H]1CCOC[C@H]1Oc1ccccn1. The fourth-order valence-electron chi connectivity index (χ4n) is 2.48. The van der Waals surface area contributed by atoms with Crippen LogP contribution >= 0.6 is 0 Å². The maximum absolute atomic E-state index is 12.2. The number of hydrogen-bond acceptors (Lipinski definition) is 6. The third kappa shape index (κ3) is 4.17. The molecule has 8 heteroatoms. The predicted octanol–water partition coefficient (Wildman–Crippen LogP) is -0.00900. The number of pyridine rings is 1. The molecule has 1 saturated heterocycles. The smallest absolute Gasteiger partial charge is 0.347 e. The van der Waals surface area contributed by atoms with Crippen LogP contribution < -0.4 is 15.7 Å². The average molecular weight is 330 g/mol. The second-order valence-corrected chi connectivity index (χ2v) is 5.39. The van der Waals surface area contributed by atoms with Gasteiger partial charge in [0.15, 0.2) is 0 Å². The fourth-order valence-corrected chi connectivity index (χ4v) is 2.48. The lowest BCUT2D eigenvalue weighted by atomic mass is 10.1. The van der Waals surface area contributed by atoms with Crippen LogP contribution in [-0.2, 0) is 16.1 Å². The summed E-state index contributed by atoms with van der Waals surface area (Å²) in [5, 5.41) is 2.91. The standard InChI is InChI=1S/C16H18N4O4/c21-14(10-20-8-3-7-18-16(20)22)19-12-5-9-23-11-13(12)24-15-4-1-2-6-17-15/h1-4,6-8,12-13H,5,9-11H2,(H,19,21)/t12-,13-/m1/s1. The Balaban J connectivity index is 1.62. The molecule has 0 radical (unpaired) electrons. The summed E-state index contributed by atoms with van der Waals surface area (Å²) in [5.74, 6) is 0.211. The van der Waals surface area contributed by atoms with Crippen LogP contribution in [0, 0.1) is 0 Å². The molecule has 0 aliphatic carbocycles. The zero-order valence-corrected chi connectivity index (χ0v) is 13.0. The molecular weight excluding hydrogens is 312 g/mol. The maximum Gasteiger partial charge on any atom is 0.347 e. The van der Waals surface area contributed by atoms with Gasteiger partial charge in [-0.15, -0.1) is 0 Å².